The Hall–Kier alpha value is -1.24. The minimum Gasteiger partial charge on any atom is -0.398 e. The second-order valence-electron chi connectivity index (χ2n) is 4.70. The average Bonchev–Trinajstić information content (AvgIpc) is 2.37. The lowest BCUT2D eigenvalue weighted by Crippen LogP contribution is -2.15. The minimum absolute atomic E-state index is 0.0355. The summed E-state index contributed by atoms with van der Waals surface area (Å²) in [6.45, 7) is 3.58. The predicted molar refractivity (Wildman–Crippen MR) is 90.3 cm³/mol. The number of nitrogen functional groups attached to an aromatic ring is 1. The van der Waals surface area contributed by atoms with Crippen LogP contribution in [0.25, 0.3) is 0 Å². The molecule has 0 aliphatic heterocycles. The summed E-state index contributed by atoms with van der Waals surface area (Å²) in [5, 5.41) is 0.141. The van der Waals surface area contributed by atoms with Crippen LogP contribution in [0.5, 0.6) is 0 Å². The van der Waals surface area contributed by atoms with Gasteiger partial charge in [0.05, 0.1) is 10.7 Å². The summed E-state index contributed by atoms with van der Waals surface area (Å²) < 4.78 is 28.3. The maximum absolute atomic E-state index is 12.5. The van der Waals surface area contributed by atoms with Gasteiger partial charge in [-0.2, -0.15) is 0 Å². The van der Waals surface area contributed by atoms with Gasteiger partial charge in [-0.25, -0.2) is 8.42 Å². The summed E-state index contributed by atoms with van der Waals surface area (Å²) in [4.78, 5) is -0.0355. The van der Waals surface area contributed by atoms with Gasteiger partial charge in [-0.1, -0.05) is 33.6 Å². The molecule has 2 rings (SSSR count). The lowest BCUT2D eigenvalue weighted by Gasteiger charge is -2.13. The fourth-order valence-electron chi connectivity index (χ4n) is 1.78. The van der Waals surface area contributed by atoms with E-state index in [1.165, 1.54) is 6.07 Å². The van der Waals surface area contributed by atoms with E-state index in [1.54, 1.807) is 19.1 Å². The van der Waals surface area contributed by atoms with Crippen molar-refractivity contribution in [2.24, 2.45) is 0 Å². The molecule has 0 atom stereocenters. The smallest absolute Gasteiger partial charge is 0.263 e. The van der Waals surface area contributed by atoms with Crippen molar-refractivity contribution in [2.45, 2.75) is 18.7 Å². The molecular formula is C14H14BrClN2O2S. The van der Waals surface area contributed by atoms with Crippen molar-refractivity contribution in [3.8, 4) is 0 Å². The SMILES string of the molecule is Cc1cc(Cl)c(S(=O)(=O)Nc2cc(Br)ccc2C)cc1N. The van der Waals surface area contributed by atoms with Crippen LogP contribution in [0.15, 0.2) is 39.7 Å². The molecule has 112 valence electrons. The van der Waals surface area contributed by atoms with E-state index in [4.69, 9.17) is 17.3 Å². The van der Waals surface area contributed by atoms with E-state index in [9.17, 15) is 8.42 Å². The minimum atomic E-state index is -3.81. The van der Waals surface area contributed by atoms with Crippen LogP contribution < -0.4 is 10.5 Å². The normalized spacial score (nSPS) is 11.4. The van der Waals surface area contributed by atoms with Crippen molar-refractivity contribution in [1.29, 1.82) is 0 Å². The summed E-state index contributed by atoms with van der Waals surface area (Å²) in [5.74, 6) is 0. The van der Waals surface area contributed by atoms with Gasteiger partial charge in [0.1, 0.15) is 4.90 Å². The number of rotatable bonds is 3. The van der Waals surface area contributed by atoms with Crippen LogP contribution >= 0.6 is 27.5 Å². The van der Waals surface area contributed by atoms with Gasteiger partial charge in [0.25, 0.3) is 10.0 Å². The standard InChI is InChI=1S/C14H14BrClN2O2S/c1-8-3-4-10(15)6-13(8)18-21(19,20)14-7-12(17)9(2)5-11(14)16/h3-7,18H,17H2,1-2H3. The summed E-state index contributed by atoms with van der Waals surface area (Å²) in [6.07, 6.45) is 0. The number of aryl methyl sites for hydroxylation is 2. The fraction of sp³-hybridized carbons (Fsp3) is 0.143. The van der Waals surface area contributed by atoms with E-state index in [0.717, 1.165) is 15.6 Å². The Morgan fingerprint density at radius 2 is 1.81 bits per heavy atom. The summed E-state index contributed by atoms with van der Waals surface area (Å²) >= 11 is 9.35. The van der Waals surface area contributed by atoms with Gasteiger partial charge in [-0.15, -0.1) is 0 Å². The molecule has 0 saturated heterocycles. The zero-order valence-corrected chi connectivity index (χ0v) is 14.6. The molecule has 0 aliphatic carbocycles. The number of nitrogens with two attached hydrogens (primary N) is 1. The molecule has 0 saturated carbocycles. The second-order valence-corrected chi connectivity index (χ2v) is 7.68. The Balaban J connectivity index is 2.48. The topological polar surface area (TPSA) is 72.2 Å². The first-order valence-corrected chi connectivity index (χ1v) is 8.71. The van der Waals surface area contributed by atoms with Crippen molar-refractivity contribution < 1.29 is 8.42 Å². The van der Waals surface area contributed by atoms with Crippen molar-refractivity contribution in [2.75, 3.05) is 10.5 Å². The van der Waals surface area contributed by atoms with E-state index in [-0.39, 0.29) is 9.92 Å². The van der Waals surface area contributed by atoms with E-state index >= 15 is 0 Å². The fourth-order valence-corrected chi connectivity index (χ4v) is 3.88. The van der Waals surface area contributed by atoms with Crippen molar-refractivity contribution in [3.63, 3.8) is 0 Å². The van der Waals surface area contributed by atoms with Gasteiger partial charge in [0.2, 0.25) is 0 Å². The monoisotopic (exact) mass is 388 g/mol. The number of sulfonamides is 1. The number of hydrogen-bond acceptors (Lipinski definition) is 3. The maximum atomic E-state index is 12.5. The van der Waals surface area contributed by atoms with E-state index < -0.39 is 10.0 Å². The molecule has 2 aromatic rings. The van der Waals surface area contributed by atoms with Gasteiger partial charge in [0.15, 0.2) is 0 Å². The quantitative estimate of drug-likeness (QED) is 0.776. The molecule has 0 amide bonds. The second kappa shape index (κ2) is 5.87. The van der Waals surface area contributed by atoms with Gasteiger partial charge in [-0.05, 0) is 49.2 Å². The highest BCUT2D eigenvalue weighted by molar-refractivity contribution is 9.10. The zero-order chi connectivity index (χ0) is 15.8. The highest BCUT2D eigenvalue weighted by Gasteiger charge is 2.20. The van der Waals surface area contributed by atoms with Crippen LogP contribution in [0.1, 0.15) is 11.1 Å². The first-order valence-electron chi connectivity index (χ1n) is 6.05. The average molecular weight is 390 g/mol. The van der Waals surface area contributed by atoms with Gasteiger partial charge >= 0.3 is 0 Å². The molecular weight excluding hydrogens is 376 g/mol. The lowest BCUT2D eigenvalue weighted by molar-refractivity contribution is 0.601. The van der Waals surface area contributed by atoms with E-state index in [2.05, 4.69) is 20.7 Å². The van der Waals surface area contributed by atoms with Gasteiger partial charge in [-0.3, -0.25) is 4.72 Å². The van der Waals surface area contributed by atoms with Crippen molar-refractivity contribution in [3.05, 3.63) is 51.0 Å². The van der Waals surface area contributed by atoms with Crippen LogP contribution in [0, 0.1) is 13.8 Å². The Morgan fingerprint density at radius 1 is 1.14 bits per heavy atom. The summed E-state index contributed by atoms with van der Waals surface area (Å²) in [6, 6.07) is 8.25. The number of halogens is 2. The third-order valence-corrected chi connectivity index (χ3v) is 5.38. The molecule has 0 fully saturated rings. The number of anilines is 2. The highest BCUT2D eigenvalue weighted by atomic mass is 79.9. The van der Waals surface area contributed by atoms with Crippen LogP contribution in [0.4, 0.5) is 11.4 Å². The van der Waals surface area contributed by atoms with E-state index in [1.807, 2.05) is 19.1 Å². The van der Waals surface area contributed by atoms with Gasteiger partial charge < -0.3 is 5.73 Å². The predicted octanol–water partition coefficient (Wildman–Crippen LogP) is 4.10. The Morgan fingerprint density at radius 3 is 2.48 bits per heavy atom. The van der Waals surface area contributed by atoms with Crippen LogP contribution in [-0.2, 0) is 10.0 Å². The Bertz CT molecular complexity index is 807. The Labute approximate surface area is 137 Å². The summed E-state index contributed by atoms with van der Waals surface area (Å²) in [7, 11) is -3.81. The highest BCUT2D eigenvalue weighted by Crippen LogP contribution is 2.29. The molecule has 3 N–H and O–H groups in total. The third kappa shape index (κ3) is 3.51. The van der Waals surface area contributed by atoms with Crippen LogP contribution in [0.3, 0.4) is 0 Å². The molecule has 0 unspecified atom stereocenters. The molecule has 7 heteroatoms. The molecule has 21 heavy (non-hydrogen) atoms. The molecule has 0 aromatic heterocycles. The lowest BCUT2D eigenvalue weighted by atomic mass is 10.2. The third-order valence-electron chi connectivity index (χ3n) is 3.05. The van der Waals surface area contributed by atoms with E-state index in [0.29, 0.717) is 11.4 Å². The zero-order valence-electron chi connectivity index (χ0n) is 11.4. The number of nitrogens with one attached hydrogen (secondary N) is 1. The van der Waals surface area contributed by atoms with Crippen LogP contribution in [0.2, 0.25) is 5.02 Å². The van der Waals surface area contributed by atoms with Crippen molar-refractivity contribution in [1.82, 2.24) is 0 Å². The molecule has 0 heterocycles. The first kappa shape index (κ1) is 16.1. The number of hydrogen-bond donors (Lipinski definition) is 2. The Kier molecular flexibility index (Phi) is 4.51. The summed E-state index contributed by atoms with van der Waals surface area (Å²) in [5.41, 5.74) is 8.18. The molecule has 0 radical (unpaired) electrons. The molecule has 4 nitrogen and oxygen atoms in total. The maximum Gasteiger partial charge on any atom is 0.263 e. The first-order chi connectivity index (χ1) is 9.70. The molecule has 2 aromatic carbocycles. The molecule has 0 spiro atoms. The largest absolute Gasteiger partial charge is 0.398 e. The van der Waals surface area contributed by atoms with Crippen LogP contribution in [-0.4, -0.2) is 8.42 Å². The van der Waals surface area contributed by atoms with Gasteiger partial charge in [0, 0.05) is 10.2 Å². The molecule has 0 bridgehead atoms. The number of benzene rings is 2. The molecule has 0 aliphatic rings. The van der Waals surface area contributed by atoms with Crippen molar-refractivity contribution >= 4 is 48.9 Å².